The number of hydrogen-bond acceptors (Lipinski definition) is 1. The molecule has 2 nitrogen and oxygen atoms in total. The van der Waals surface area contributed by atoms with Gasteiger partial charge in [0, 0.05) is 0 Å². The molecule has 0 saturated heterocycles. The maximum Gasteiger partial charge on any atom is 0.113 e. The number of likely N-dealkylation sites (N-methyl/N-ethyl adjacent to an activating group) is 1. The van der Waals surface area contributed by atoms with Gasteiger partial charge in [0.1, 0.15) is 12.1 Å². The highest BCUT2D eigenvalue weighted by Crippen LogP contribution is 2.23. The summed E-state index contributed by atoms with van der Waals surface area (Å²) < 4.78 is 0.851. The van der Waals surface area contributed by atoms with Gasteiger partial charge in [-0.3, -0.25) is 0 Å². The number of rotatable bonds is 8. The second-order valence-corrected chi connectivity index (χ2v) is 5.88. The lowest BCUT2D eigenvalue weighted by atomic mass is 9.90. The number of quaternary nitrogens is 1. The van der Waals surface area contributed by atoms with Crippen LogP contribution in [-0.2, 0) is 0 Å². The Morgan fingerprint density at radius 1 is 0.938 bits per heavy atom. The van der Waals surface area contributed by atoms with Crippen molar-refractivity contribution in [3.05, 3.63) is 0 Å². The van der Waals surface area contributed by atoms with Gasteiger partial charge in [-0.15, -0.1) is 0 Å². The predicted octanol–water partition coefficient (Wildman–Crippen LogP) is -0.192. The topological polar surface area (TPSA) is 20.2 Å². The third-order valence-electron chi connectivity index (χ3n) is 2.76. The monoisotopic (exact) mass is 343 g/mol. The Kier molecular flexibility index (Phi) is 10.3. The van der Waals surface area contributed by atoms with Gasteiger partial charge in [-0.05, 0) is 12.8 Å². The molecule has 0 spiro atoms. The van der Waals surface area contributed by atoms with Gasteiger partial charge >= 0.3 is 0 Å². The van der Waals surface area contributed by atoms with Gasteiger partial charge < -0.3 is 33.6 Å². The highest BCUT2D eigenvalue weighted by atomic mass is 127. The molecule has 0 radical (unpaired) electrons. The molecular weight excluding hydrogens is 313 g/mol. The van der Waals surface area contributed by atoms with Gasteiger partial charge in [-0.25, -0.2) is 0 Å². The van der Waals surface area contributed by atoms with Crippen LogP contribution in [0, 0.1) is 0 Å². The molecule has 0 unspecified atom stereocenters. The summed E-state index contributed by atoms with van der Waals surface area (Å²) in [6.45, 7) is 5.24. The Bertz CT molecular complexity index is 158. The van der Waals surface area contributed by atoms with Crippen molar-refractivity contribution in [2.45, 2.75) is 58.0 Å². The Morgan fingerprint density at radius 3 is 1.56 bits per heavy atom. The lowest BCUT2D eigenvalue weighted by Gasteiger charge is -2.35. The molecule has 16 heavy (non-hydrogen) atoms. The molecule has 0 heterocycles. The largest absolute Gasteiger partial charge is 1.00 e. The Balaban J connectivity index is 0. The quantitative estimate of drug-likeness (QED) is 0.479. The number of halogens is 1. The van der Waals surface area contributed by atoms with Gasteiger partial charge in [-0.2, -0.15) is 0 Å². The van der Waals surface area contributed by atoms with Gasteiger partial charge in [0.25, 0.3) is 0 Å². The molecule has 100 valence electrons. The fourth-order valence-corrected chi connectivity index (χ4v) is 2.18. The molecule has 0 aromatic carbocycles. The highest BCUT2D eigenvalue weighted by molar-refractivity contribution is 4.77. The van der Waals surface area contributed by atoms with E-state index < -0.39 is 5.60 Å². The number of nitrogens with zero attached hydrogens (tertiary/aromatic N) is 1. The fourth-order valence-electron chi connectivity index (χ4n) is 2.18. The van der Waals surface area contributed by atoms with Crippen LogP contribution < -0.4 is 24.0 Å². The van der Waals surface area contributed by atoms with Crippen LogP contribution in [0.3, 0.4) is 0 Å². The summed E-state index contributed by atoms with van der Waals surface area (Å²) in [5.41, 5.74) is -0.440. The SMILES string of the molecule is CCCCC(O)(CCCC)C[N+](C)(C)C.[I-]. The van der Waals surface area contributed by atoms with E-state index in [0.717, 1.165) is 36.7 Å². The third kappa shape index (κ3) is 9.85. The normalized spacial score (nSPS) is 12.4. The van der Waals surface area contributed by atoms with Crippen molar-refractivity contribution in [1.29, 1.82) is 0 Å². The van der Waals surface area contributed by atoms with E-state index in [1.807, 2.05) is 0 Å². The second kappa shape index (κ2) is 8.70. The minimum Gasteiger partial charge on any atom is -1.00 e. The van der Waals surface area contributed by atoms with E-state index in [1.54, 1.807) is 0 Å². The van der Waals surface area contributed by atoms with Crippen LogP contribution in [0.15, 0.2) is 0 Å². The predicted molar refractivity (Wildman–Crippen MR) is 66.9 cm³/mol. The molecule has 0 aliphatic heterocycles. The summed E-state index contributed by atoms with van der Waals surface area (Å²) in [6, 6.07) is 0. The van der Waals surface area contributed by atoms with Gasteiger partial charge in [-0.1, -0.05) is 39.5 Å². The lowest BCUT2D eigenvalue weighted by Crippen LogP contribution is -3.00. The minimum absolute atomic E-state index is 0. The van der Waals surface area contributed by atoms with Crippen molar-refractivity contribution in [2.24, 2.45) is 0 Å². The molecule has 0 saturated carbocycles. The summed E-state index contributed by atoms with van der Waals surface area (Å²) in [6.07, 6.45) is 6.54. The number of aliphatic hydroxyl groups is 1. The molecule has 0 atom stereocenters. The zero-order chi connectivity index (χ0) is 11.9. The summed E-state index contributed by atoms with van der Waals surface area (Å²) in [5, 5.41) is 10.6. The van der Waals surface area contributed by atoms with Crippen molar-refractivity contribution in [1.82, 2.24) is 0 Å². The molecule has 0 aliphatic carbocycles. The van der Waals surface area contributed by atoms with Crippen molar-refractivity contribution < 1.29 is 33.6 Å². The van der Waals surface area contributed by atoms with Crippen molar-refractivity contribution in [2.75, 3.05) is 27.7 Å². The van der Waals surface area contributed by atoms with E-state index >= 15 is 0 Å². The molecule has 0 amide bonds. The molecule has 1 N–H and O–H groups in total. The third-order valence-corrected chi connectivity index (χ3v) is 2.76. The molecule has 0 fully saturated rings. The average Bonchev–Trinajstić information content (AvgIpc) is 2.09. The van der Waals surface area contributed by atoms with E-state index in [4.69, 9.17) is 0 Å². The van der Waals surface area contributed by atoms with Crippen LogP contribution in [0.25, 0.3) is 0 Å². The molecule has 0 aromatic heterocycles. The van der Waals surface area contributed by atoms with E-state index in [-0.39, 0.29) is 24.0 Å². The zero-order valence-corrected chi connectivity index (χ0v) is 13.9. The van der Waals surface area contributed by atoms with Gasteiger partial charge in [0.05, 0.1) is 21.1 Å². The minimum atomic E-state index is -0.440. The van der Waals surface area contributed by atoms with Gasteiger partial charge in [0.15, 0.2) is 0 Å². The molecule has 0 rings (SSSR count). The first-order valence-electron chi connectivity index (χ1n) is 6.36. The Labute approximate surface area is 119 Å². The van der Waals surface area contributed by atoms with E-state index in [0.29, 0.717) is 0 Å². The molecule has 0 aromatic rings. The first-order valence-corrected chi connectivity index (χ1v) is 6.36. The Hall–Kier alpha value is 0.650. The molecule has 0 aliphatic rings. The fraction of sp³-hybridized carbons (Fsp3) is 1.00. The second-order valence-electron chi connectivity index (χ2n) is 5.88. The first kappa shape index (κ1) is 19.0. The van der Waals surface area contributed by atoms with Crippen LogP contribution in [0.5, 0.6) is 0 Å². The molecular formula is C13H30INO. The van der Waals surface area contributed by atoms with Crippen LogP contribution in [0.4, 0.5) is 0 Å². The van der Waals surface area contributed by atoms with Crippen molar-refractivity contribution in [3.63, 3.8) is 0 Å². The van der Waals surface area contributed by atoms with Crippen LogP contribution >= 0.6 is 0 Å². The number of unbranched alkanes of at least 4 members (excludes halogenated alkanes) is 2. The molecule has 3 heteroatoms. The molecule has 0 bridgehead atoms. The zero-order valence-electron chi connectivity index (χ0n) is 11.7. The summed E-state index contributed by atoms with van der Waals surface area (Å²) in [5.74, 6) is 0. The maximum atomic E-state index is 10.6. The summed E-state index contributed by atoms with van der Waals surface area (Å²) in [4.78, 5) is 0. The van der Waals surface area contributed by atoms with Crippen LogP contribution in [0.1, 0.15) is 52.4 Å². The first-order chi connectivity index (χ1) is 6.83. The highest BCUT2D eigenvalue weighted by Gasteiger charge is 2.31. The lowest BCUT2D eigenvalue weighted by molar-refractivity contribution is -0.877. The van der Waals surface area contributed by atoms with Crippen LogP contribution in [-0.4, -0.2) is 42.9 Å². The Morgan fingerprint density at radius 2 is 1.31 bits per heavy atom. The summed E-state index contributed by atoms with van der Waals surface area (Å²) >= 11 is 0. The van der Waals surface area contributed by atoms with Gasteiger partial charge in [0.2, 0.25) is 0 Å². The standard InChI is InChI=1S/C13H30NO.HI/c1-6-8-10-13(15,11-9-7-2)12-14(3,4)5;/h15H,6-12H2,1-5H3;1H/q+1;/p-1. The van der Waals surface area contributed by atoms with E-state index in [1.165, 1.54) is 12.8 Å². The smallest absolute Gasteiger partial charge is 0.113 e. The summed E-state index contributed by atoms with van der Waals surface area (Å²) in [7, 11) is 6.47. The van der Waals surface area contributed by atoms with Crippen molar-refractivity contribution in [3.8, 4) is 0 Å². The number of hydrogen-bond donors (Lipinski definition) is 1. The van der Waals surface area contributed by atoms with E-state index in [2.05, 4.69) is 35.0 Å². The average molecular weight is 343 g/mol. The maximum absolute atomic E-state index is 10.6. The van der Waals surface area contributed by atoms with Crippen molar-refractivity contribution >= 4 is 0 Å². The van der Waals surface area contributed by atoms with Crippen LogP contribution in [0.2, 0.25) is 0 Å². The van der Waals surface area contributed by atoms with E-state index in [9.17, 15) is 5.11 Å².